The monoisotopic (exact) mass is 257 g/mol. The maximum Gasteiger partial charge on any atom is 0.490 e. The second-order valence-corrected chi connectivity index (χ2v) is 3.41. The van der Waals surface area contributed by atoms with E-state index in [1.165, 1.54) is 10.8 Å². The van der Waals surface area contributed by atoms with Crippen LogP contribution in [0.5, 0.6) is 0 Å². The molecule has 0 saturated heterocycles. The minimum Gasteiger partial charge on any atom is -0.475 e. The number of nitrogens with two attached hydrogens (primary N) is 1. The molecule has 6 heteroatoms. The number of fused-ring (bicyclic) bond motifs is 1. The third kappa shape index (κ3) is 3.97. The third-order valence-corrected chi connectivity index (χ3v) is 2.02. The summed E-state index contributed by atoms with van der Waals surface area (Å²) in [6, 6.07) is 14.1. The van der Waals surface area contributed by atoms with E-state index in [9.17, 15) is 13.2 Å². The van der Waals surface area contributed by atoms with Crippen molar-refractivity contribution in [1.29, 1.82) is 0 Å². The number of rotatable bonds is 0. The van der Waals surface area contributed by atoms with E-state index in [2.05, 4.69) is 12.1 Å². The minimum absolute atomic E-state index is 0.823. The molecule has 0 aliphatic carbocycles. The lowest BCUT2D eigenvalue weighted by molar-refractivity contribution is -0.192. The second-order valence-electron chi connectivity index (χ2n) is 3.41. The van der Waals surface area contributed by atoms with Gasteiger partial charge < -0.3 is 10.8 Å². The fourth-order valence-corrected chi connectivity index (χ4v) is 1.21. The lowest BCUT2D eigenvalue weighted by Gasteiger charge is -1.96. The molecule has 0 aromatic heterocycles. The summed E-state index contributed by atoms with van der Waals surface area (Å²) < 4.78 is 31.7. The highest BCUT2D eigenvalue weighted by Crippen LogP contribution is 2.16. The van der Waals surface area contributed by atoms with Crippen molar-refractivity contribution in [3.63, 3.8) is 0 Å². The lowest BCUT2D eigenvalue weighted by atomic mass is 10.1. The smallest absolute Gasteiger partial charge is 0.475 e. The number of halogens is 3. The summed E-state index contributed by atoms with van der Waals surface area (Å²) in [6.07, 6.45) is -5.08. The van der Waals surface area contributed by atoms with Gasteiger partial charge in [-0.05, 0) is 22.9 Å². The van der Waals surface area contributed by atoms with Crippen molar-refractivity contribution in [2.75, 3.05) is 5.73 Å². The van der Waals surface area contributed by atoms with Gasteiger partial charge in [-0.25, -0.2) is 4.79 Å². The first-order valence-electron chi connectivity index (χ1n) is 4.85. The van der Waals surface area contributed by atoms with Crippen LogP contribution in [0.2, 0.25) is 0 Å². The topological polar surface area (TPSA) is 63.3 Å². The third-order valence-electron chi connectivity index (χ3n) is 2.02. The Hall–Kier alpha value is -2.24. The summed E-state index contributed by atoms with van der Waals surface area (Å²) >= 11 is 0. The van der Waals surface area contributed by atoms with Gasteiger partial charge in [0, 0.05) is 5.69 Å². The van der Waals surface area contributed by atoms with Crippen LogP contribution in [-0.4, -0.2) is 17.3 Å². The van der Waals surface area contributed by atoms with Crippen LogP contribution in [0.3, 0.4) is 0 Å². The molecule has 0 atom stereocenters. The number of carboxylic acids is 1. The second kappa shape index (κ2) is 5.39. The van der Waals surface area contributed by atoms with Gasteiger partial charge in [0.15, 0.2) is 0 Å². The van der Waals surface area contributed by atoms with Crippen LogP contribution in [0.4, 0.5) is 18.9 Å². The zero-order valence-electron chi connectivity index (χ0n) is 9.11. The van der Waals surface area contributed by atoms with Gasteiger partial charge >= 0.3 is 12.1 Å². The number of hydrogen-bond donors (Lipinski definition) is 2. The Morgan fingerprint density at radius 2 is 1.56 bits per heavy atom. The molecule has 2 rings (SSSR count). The van der Waals surface area contributed by atoms with Crippen molar-refractivity contribution >= 4 is 22.4 Å². The van der Waals surface area contributed by atoms with E-state index in [-0.39, 0.29) is 0 Å². The van der Waals surface area contributed by atoms with Crippen molar-refractivity contribution < 1.29 is 23.1 Å². The van der Waals surface area contributed by atoms with E-state index >= 15 is 0 Å². The van der Waals surface area contributed by atoms with Crippen LogP contribution in [0, 0.1) is 0 Å². The van der Waals surface area contributed by atoms with Crippen LogP contribution in [0.1, 0.15) is 0 Å². The van der Waals surface area contributed by atoms with Crippen LogP contribution >= 0.6 is 0 Å². The molecule has 0 aliphatic rings. The molecule has 0 bridgehead atoms. The zero-order valence-corrected chi connectivity index (χ0v) is 9.11. The van der Waals surface area contributed by atoms with E-state index in [4.69, 9.17) is 15.6 Å². The maximum absolute atomic E-state index is 10.6. The summed E-state index contributed by atoms with van der Waals surface area (Å²) in [4.78, 5) is 8.90. The van der Waals surface area contributed by atoms with Crippen LogP contribution < -0.4 is 5.73 Å². The molecule has 2 aromatic rings. The molecule has 0 aliphatic heterocycles. The molecule has 0 saturated carbocycles. The van der Waals surface area contributed by atoms with Gasteiger partial charge in [-0.15, -0.1) is 0 Å². The molecular weight excluding hydrogens is 247 g/mol. The number of aliphatic carboxylic acids is 1. The predicted molar refractivity (Wildman–Crippen MR) is 62.1 cm³/mol. The lowest BCUT2D eigenvalue weighted by Crippen LogP contribution is -2.21. The number of carboxylic acid groups (broad SMARTS) is 1. The van der Waals surface area contributed by atoms with Gasteiger partial charge in [-0.3, -0.25) is 0 Å². The first-order chi connectivity index (χ1) is 8.30. The molecule has 3 nitrogen and oxygen atoms in total. The first kappa shape index (κ1) is 13.8. The Kier molecular flexibility index (Phi) is 4.14. The molecular formula is C12H10F3NO2. The van der Waals surface area contributed by atoms with Crippen molar-refractivity contribution in [2.24, 2.45) is 0 Å². The number of hydrogen-bond acceptors (Lipinski definition) is 2. The number of anilines is 1. The largest absolute Gasteiger partial charge is 0.490 e. The Balaban J connectivity index is 0.000000203. The quantitative estimate of drug-likeness (QED) is 0.713. The Morgan fingerprint density at radius 3 is 2.06 bits per heavy atom. The summed E-state index contributed by atoms with van der Waals surface area (Å²) in [5.74, 6) is -2.76. The van der Waals surface area contributed by atoms with E-state index in [1.54, 1.807) is 0 Å². The summed E-state index contributed by atoms with van der Waals surface area (Å²) in [6.45, 7) is 0. The molecule has 96 valence electrons. The van der Waals surface area contributed by atoms with Gasteiger partial charge in [0.25, 0.3) is 0 Å². The Bertz CT molecular complexity index is 552. The van der Waals surface area contributed by atoms with Crippen molar-refractivity contribution in [3.05, 3.63) is 42.5 Å². The van der Waals surface area contributed by atoms with Crippen LogP contribution in [0.25, 0.3) is 10.8 Å². The molecule has 18 heavy (non-hydrogen) atoms. The standard InChI is InChI=1S/C10H9N.C2HF3O2/c11-10-6-5-8-3-1-2-4-9(8)7-10;3-2(4,5)1(6)7/h1-7H,11H2;(H,6,7). The van der Waals surface area contributed by atoms with Gasteiger partial charge in [0.1, 0.15) is 0 Å². The summed E-state index contributed by atoms with van der Waals surface area (Å²) in [7, 11) is 0. The molecule has 3 N–H and O–H groups in total. The molecule has 0 amide bonds. The normalized spacial score (nSPS) is 10.6. The Labute approximate surface area is 101 Å². The fourth-order valence-electron chi connectivity index (χ4n) is 1.21. The van der Waals surface area contributed by atoms with Gasteiger partial charge in [0.2, 0.25) is 0 Å². The molecule has 0 unspecified atom stereocenters. The molecule has 0 heterocycles. The van der Waals surface area contributed by atoms with Crippen LogP contribution in [0.15, 0.2) is 42.5 Å². The number of carbonyl (C=O) groups is 1. The number of nitrogen functional groups attached to an aromatic ring is 1. The zero-order chi connectivity index (χ0) is 13.8. The average molecular weight is 257 g/mol. The highest BCUT2D eigenvalue weighted by atomic mass is 19.4. The van der Waals surface area contributed by atoms with Crippen LogP contribution in [-0.2, 0) is 4.79 Å². The highest BCUT2D eigenvalue weighted by Gasteiger charge is 2.38. The number of alkyl halides is 3. The van der Waals surface area contributed by atoms with Crippen molar-refractivity contribution in [1.82, 2.24) is 0 Å². The summed E-state index contributed by atoms with van der Waals surface area (Å²) in [5.41, 5.74) is 6.45. The molecule has 2 aromatic carbocycles. The molecule has 0 radical (unpaired) electrons. The SMILES string of the molecule is Nc1ccc2ccccc2c1.O=C(O)C(F)(F)F. The first-order valence-corrected chi connectivity index (χ1v) is 4.85. The van der Waals surface area contributed by atoms with E-state index < -0.39 is 12.1 Å². The predicted octanol–water partition coefficient (Wildman–Crippen LogP) is 3.06. The molecule has 0 spiro atoms. The Morgan fingerprint density at radius 1 is 1.06 bits per heavy atom. The van der Waals surface area contributed by atoms with Gasteiger partial charge in [-0.2, -0.15) is 13.2 Å². The average Bonchev–Trinajstić information content (AvgIpc) is 2.28. The van der Waals surface area contributed by atoms with Gasteiger partial charge in [0.05, 0.1) is 0 Å². The van der Waals surface area contributed by atoms with Crippen molar-refractivity contribution in [3.8, 4) is 0 Å². The van der Waals surface area contributed by atoms with E-state index in [0.29, 0.717) is 0 Å². The van der Waals surface area contributed by atoms with E-state index in [0.717, 1.165) is 5.69 Å². The number of benzene rings is 2. The van der Waals surface area contributed by atoms with Gasteiger partial charge in [-0.1, -0.05) is 30.3 Å². The minimum atomic E-state index is -5.08. The van der Waals surface area contributed by atoms with E-state index in [1.807, 2.05) is 30.3 Å². The maximum atomic E-state index is 10.6. The highest BCUT2D eigenvalue weighted by molar-refractivity contribution is 5.85. The fraction of sp³-hybridized carbons (Fsp3) is 0.0833. The molecule has 0 fully saturated rings. The summed E-state index contributed by atoms with van der Waals surface area (Å²) in [5, 5.41) is 9.56. The van der Waals surface area contributed by atoms with Crippen molar-refractivity contribution in [2.45, 2.75) is 6.18 Å².